The first-order valence-electron chi connectivity index (χ1n) is 9.07. The van der Waals surface area contributed by atoms with Crippen LogP contribution in [-0.4, -0.2) is 17.3 Å². The third-order valence-corrected chi connectivity index (χ3v) is 6.42. The van der Waals surface area contributed by atoms with Crippen LogP contribution in [-0.2, 0) is 12.2 Å². The first kappa shape index (κ1) is 19.5. The van der Waals surface area contributed by atoms with Gasteiger partial charge in [-0.25, -0.2) is 4.79 Å². The fraction of sp³-hybridized carbons (Fsp3) is 0.190. The van der Waals surface area contributed by atoms with Crippen LogP contribution in [0.4, 0.5) is 10.8 Å². The molecule has 0 unspecified atom stereocenters. The molecule has 2 aromatic carbocycles. The normalized spacial score (nSPS) is 11.0. The average molecular weight is 426 g/mol. The van der Waals surface area contributed by atoms with Crippen LogP contribution in [0.1, 0.15) is 18.1 Å². The van der Waals surface area contributed by atoms with Crippen molar-refractivity contribution in [2.45, 2.75) is 23.4 Å². The molecule has 0 aliphatic heterocycles. The summed E-state index contributed by atoms with van der Waals surface area (Å²) in [4.78, 5) is 11.9. The van der Waals surface area contributed by atoms with Gasteiger partial charge in [-0.05, 0) is 47.9 Å². The van der Waals surface area contributed by atoms with Gasteiger partial charge in [-0.3, -0.25) is 0 Å². The SMILES string of the molecule is CCc1ccc2c(CSc3nnc(Nc4ccc(OC)cc4)s3)cc(=O)oc2c1. The molecular formula is C21H19N3O3S2. The third kappa shape index (κ3) is 4.60. The van der Waals surface area contributed by atoms with Crippen molar-refractivity contribution in [1.29, 1.82) is 0 Å². The molecule has 6 nitrogen and oxygen atoms in total. The highest BCUT2D eigenvalue weighted by molar-refractivity contribution is 8.00. The monoisotopic (exact) mass is 425 g/mol. The zero-order valence-corrected chi connectivity index (χ0v) is 17.6. The van der Waals surface area contributed by atoms with Crippen molar-refractivity contribution in [1.82, 2.24) is 10.2 Å². The summed E-state index contributed by atoms with van der Waals surface area (Å²) in [5.41, 5.74) is 3.29. The number of hydrogen-bond acceptors (Lipinski definition) is 8. The number of thioether (sulfide) groups is 1. The van der Waals surface area contributed by atoms with Crippen molar-refractivity contribution >= 4 is 44.9 Å². The lowest BCUT2D eigenvalue weighted by Crippen LogP contribution is -2.00. The van der Waals surface area contributed by atoms with Gasteiger partial charge in [-0.15, -0.1) is 10.2 Å². The molecule has 0 saturated carbocycles. The van der Waals surface area contributed by atoms with Gasteiger partial charge in [0, 0.05) is 22.9 Å². The number of hydrogen-bond donors (Lipinski definition) is 1. The van der Waals surface area contributed by atoms with Gasteiger partial charge >= 0.3 is 5.63 Å². The number of fused-ring (bicyclic) bond motifs is 1. The lowest BCUT2D eigenvalue weighted by Gasteiger charge is -2.05. The second-order valence-electron chi connectivity index (χ2n) is 6.29. The molecule has 4 rings (SSSR count). The maximum atomic E-state index is 11.9. The van der Waals surface area contributed by atoms with Gasteiger partial charge in [-0.1, -0.05) is 42.2 Å². The van der Waals surface area contributed by atoms with E-state index in [0.717, 1.165) is 38.7 Å². The van der Waals surface area contributed by atoms with E-state index in [9.17, 15) is 4.79 Å². The van der Waals surface area contributed by atoms with Crippen molar-refractivity contribution in [3.63, 3.8) is 0 Å². The molecule has 29 heavy (non-hydrogen) atoms. The maximum Gasteiger partial charge on any atom is 0.336 e. The van der Waals surface area contributed by atoms with E-state index in [-0.39, 0.29) is 5.63 Å². The van der Waals surface area contributed by atoms with Crippen LogP contribution in [0.2, 0.25) is 0 Å². The van der Waals surface area contributed by atoms with E-state index in [0.29, 0.717) is 16.5 Å². The number of aryl methyl sites for hydroxylation is 1. The second kappa shape index (κ2) is 8.67. The quantitative estimate of drug-likeness (QED) is 0.320. The molecule has 0 atom stereocenters. The van der Waals surface area contributed by atoms with Crippen LogP contribution in [0.5, 0.6) is 5.75 Å². The summed E-state index contributed by atoms with van der Waals surface area (Å²) in [6.45, 7) is 2.08. The van der Waals surface area contributed by atoms with E-state index >= 15 is 0 Å². The lowest BCUT2D eigenvalue weighted by atomic mass is 10.1. The number of anilines is 2. The number of nitrogens with zero attached hydrogens (tertiary/aromatic N) is 2. The second-order valence-corrected chi connectivity index (χ2v) is 8.49. The topological polar surface area (TPSA) is 77.3 Å². The standard InChI is InChI=1S/C21H19N3O3S2/c1-3-13-4-9-17-14(11-19(25)27-18(17)10-13)12-28-21-24-23-20(29-21)22-15-5-7-16(26-2)8-6-15/h4-11H,3,12H2,1-2H3,(H,22,23). The Morgan fingerprint density at radius 2 is 1.97 bits per heavy atom. The zero-order chi connectivity index (χ0) is 20.2. The minimum absolute atomic E-state index is 0.333. The Labute approximate surface area is 175 Å². The highest BCUT2D eigenvalue weighted by Gasteiger charge is 2.10. The van der Waals surface area contributed by atoms with Gasteiger partial charge in [0.2, 0.25) is 5.13 Å². The minimum Gasteiger partial charge on any atom is -0.497 e. The number of aromatic nitrogens is 2. The van der Waals surface area contributed by atoms with E-state index in [1.807, 2.05) is 36.4 Å². The van der Waals surface area contributed by atoms with Crippen molar-refractivity contribution < 1.29 is 9.15 Å². The smallest absolute Gasteiger partial charge is 0.336 e. The molecule has 0 amide bonds. The number of benzene rings is 2. The molecule has 8 heteroatoms. The number of methoxy groups -OCH3 is 1. The van der Waals surface area contributed by atoms with Gasteiger partial charge < -0.3 is 14.5 Å². The molecule has 0 aliphatic carbocycles. The van der Waals surface area contributed by atoms with Crippen LogP contribution >= 0.6 is 23.1 Å². The van der Waals surface area contributed by atoms with Crippen molar-refractivity contribution in [3.8, 4) is 5.75 Å². The van der Waals surface area contributed by atoms with E-state index in [1.165, 1.54) is 11.3 Å². The Balaban J connectivity index is 1.47. The summed E-state index contributed by atoms with van der Waals surface area (Å²) >= 11 is 3.02. The molecule has 148 valence electrons. The third-order valence-electron chi connectivity index (χ3n) is 4.40. The van der Waals surface area contributed by atoms with Crippen molar-refractivity contribution in [2.75, 3.05) is 12.4 Å². The molecule has 0 saturated heterocycles. The van der Waals surface area contributed by atoms with E-state index < -0.39 is 0 Å². The molecular weight excluding hydrogens is 406 g/mol. The summed E-state index contributed by atoms with van der Waals surface area (Å²) in [5, 5.41) is 13.3. The molecule has 0 fully saturated rings. The highest BCUT2D eigenvalue weighted by atomic mass is 32.2. The maximum absolute atomic E-state index is 11.9. The molecule has 2 aromatic heterocycles. The Hall–Kier alpha value is -2.84. The summed E-state index contributed by atoms with van der Waals surface area (Å²) in [5.74, 6) is 1.42. The molecule has 0 aliphatic rings. The Morgan fingerprint density at radius 3 is 2.72 bits per heavy atom. The van der Waals surface area contributed by atoms with Gasteiger partial charge in [-0.2, -0.15) is 0 Å². The number of ether oxygens (including phenoxy) is 1. The Morgan fingerprint density at radius 1 is 1.14 bits per heavy atom. The fourth-order valence-corrected chi connectivity index (χ4v) is 4.63. The Kier molecular flexibility index (Phi) is 5.82. The molecule has 0 bridgehead atoms. The van der Waals surface area contributed by atoms with Crippen LogP contribution in [0.3, 0.4) is 0 Å². The predicted molar refractivity (Wildman–Crippen MR) is 118 cm³/mol. The first-order chi connectivity index (χ1) is 14.1. The highest BCUT2D eigenvalue weighted by Crippen LogP contribution is 2.32. The van der Waals surface area contributed by atoms with Gasteiger partial charge in [0.15, 0.2) is 4.34 Å². The minimum atomic E-state index is -0.333. The van der Waals surface area contributed by atoms with Crippen LogP contribution < -0.4 is 15.7 Å². The Bertz CT molecular complexity index is 1190. The number of rotatable bonds is 7. The van der Waals surface area contributed by atoms with Crippen LogP contribution in [0.25, 0.3) is 11.0 Å². The average Bonchev–Trinajstić information content (AvgIpc) is 3.19. The lowest BCUT2D eigenvalue weighted by molar-refractivity contribution is 0.415. The summed E-state index contributed by atoms with van der Waals surface area (Å²) in [6.07, 6.45) is 0.896. The van der Waals surface area contributed by atoms with Crippen molar-refractivity contribution in [2.24, 2.45) is 0 Å². The zero-order valence-electron chi connectivity index (χ0n) is 16.0. The molecule has 4 aromatic rings. The summed E-state index contributed by atoms with van der Waals surface area (Å²) in [6, 6.07) is 15.2. The van der Waals surface area contributed by atoms with E-state index in [4.69, 9.17) is 9.15 Å². The van der Waals surface area contributed by atoms with Crippen LogP contribution in [0, 0.1) is 0 Å². The van der Waals surface area contributed by atoms with Gasteiger partial charge in [0.25, 0.3) is 0 Å². The largest absolute Gasteiger partial charge is 0.497 e. The van der Waals surface area contributed by atoms with Gasteiger partial charge in [0.1, 0.15) is 11.3 Å². The first-order valence-corrected chi connectivity index (χ1v) is 10.9. The summed E-state index contributed by atoms with van der Waals surface area (Å²) in [7, 11) is 1.64. The van der Waals surface area contributed by atoms with E-state index in [2.05, 4.69) is 28.5 Å². The number of nitrogens with one attached hydrogen (secondary N) is 1. The summed E-state index contributed by atoms with van der Waals surface area (Å²) < 4.78 is 11.4. The van der Waals surface area contributed by atoms with Crippen molar-refractivity contribution in [3.05, 3.63) is 70.1 Å². The fourth-order valence-electron chi connectivity index (χ4n) is 2.87. The molecule has 0 spiro atoms. The predicted octanol–water partition coefficient (Wildman–Crippen LogP) is 5.25. The van der Waals surface area contributed by atoms with Crippen LogP contribution in [0.15, 0.2) is 62.1 Å². The van der Waals surface area contributed by atoms with Gasteiger partial charge in [0.05, 0.1) is 7.11 Å². The van der Waals surface area contributed by atoms with E-state index in [1.54, 1.807) is 24.9 Å². The molecule has 2 heterocycles. The molecule has 1 N–H and O–H groups in total. The molecule has 0 radical (unpaired) electrons.